The summed E-state index contributed by atoms with van der Waals surface area (Å²) < 4.78 is 58.8. The Hall–Kier alpha value is -3.25. The Morgan fingerprint density at radius 1 is 1.17 bits per heavy atom. The summed E-state index contributed by atoms with van der Waals surface area (Å²) >= 11 is 1.35. The van der Waals surface area contributed by atoms with Crippen molar-refractivity contribution in [1.29, 1.82) is 0 Å². The first kappa shape index (κ1) is 23.5. The highest BCUT2D eigenvalue weighted by atomic mass is 32.1. The number of aromatic nitrogens is 1. The number of nitrogens with two attached hydrogens (primary N) is 2. The molecule has 0 saturated heterocycles. The van der Waals surface area contributed by atoms with E-state index in [9.17, 15) is 27.6 Å². The first-order valence-corrected chi connectivity index (χ1v) is 11.7. The van der Waals surface area contributed by atoms with Gasteiger partial charge in [-0.15, -0.1) is 11.3 Å². The predicted molar refractivity (Wildman–Crippen MR) is 121 cm³/mol. The second-order valence-electron chi connectivity index (χ2n) is 8.73. The summed E-state index contributed by atoms with van der Waals surface area (Å²) in [5.74, 6) is -5.27. The quantitative estimate of drug-likeness (QED) is 0.234. The van der Waals surface area contributed by atoms with Crippen LogP contribution in [-0.2, 0) is 16.0 Å². The molecule has 12 heteroatoms. The molecule has 7 nitrogen and oxygen atoms in total. The largest absolute Gasteiger partial charge is 0.491 e. The number of aryl methyl sites for hydroxylation is 1. The Labute approximate surface area is 199 Å². The van der Waals surface area contributed by atoms with Gasteiger partial charge in [-0.1, -0.05) is 0 Å². The number of rotatable bonds is 3. The molecule has 2 aromatic heterocycles. The van der Waals surface area contributed by atoms with Gasteiger partial charge in [0.2, 0.25) is 5.43 Å². The van der Waals surface area contributed by atoms with Crippen molar-refractivity contribution in [2.45, 2.75) is 50.4 Å². The molecule has 1 aromatic carbocycles. The smallest absolute Gasteiger partial charge is 0.398 e. The fraction of sp³-hybridized carbons (Fsp3) is 0.348. The van der Waals surface area contributed by atoms with Gasteiger partial charge in [-0.2, -0.15) is 13.2 Å². The number of benzene rings is 1. The number of alkyl halides is 3. The summed E-state index contributed by atoms with van der Waals surface area (Å²) in [6, 6.07) is 2.69. The Bertz CT molecular complexity index is 1460. The van der Waals surface area contributed by atoms with E-state index in [1.165, 1.54) is 22.0 Å². The molecule has 0 bridgehead atoms. The zero-order valence-electron chi connectivity index (χ0n) is 18.1. The highest BCUT2D eigenvalue weighted by molar-refractivity contribution is 7.15. The van der Waals surface area contributed by atoms with E-state index in [0.29, 0.717) is 17.7 Å². The summed E-state index contributed by atoms with van der Waals surface area (Å²) in [6.07, 6.45) is -0.727. The number of nitrogen functional groups attached to an aromatic ring is 1. The third-order valence-electron chi connectivity index (χ3n) is 6.25. The van der Waals surface area contributed by atoms with Gasteiger partial charge in [0.05, 0.1) is 10.9 Å². The van der Waals surface area contributed by atoms with Crippen molar-refractivity contribution in [3.63, 3.8) is 0 Å². The van der Waals surface area contributed by atoms with E-state index < -0.39 is 34.9 Å². The van der Waals surface area contributed by atoms with Gasteiger partial charge in [-0.05, 0) is 49.8 Å². The van der Waals surface area contributed by atoms with E-state index in [-0.39, 0.29) is 34.2 Å². The molecule has 1 fully saturated rings. The van der Waals surface area contributed by atoms with E-state index >= 15 is 4.39 Å². The third kappa shape index (κ3) is 4.00. The molecule has 3 aromatic rings. The lowest BCUT2D eigenvalue weighted by Crippen LogP contribution is -2.30. The number of halogens is 4. The lowest BCUT2D eigenvalue weighted by Gasteiger charge is -2.17. The minimum Gasteiger partial charge on any atom is -0.398 e. The van der Waals surface area contributed by atoms with E-state index in [1.54, 1.807) is 0 Å². The normalized spacial score (nSPS) is 17.9. The Kier molecular flexibility index (Phi) is 5.48. The van der Waals surface area contributed by atoms with Crippen molar-refractivity contribution in [1.82, 2.24) is 4.57 Å². The van der Waals surface area contributed by atoms with E-state index in [0.717, 1.165) is 35.9 Å². The predicted octanol–water partition coefficient (Wildman–Crippen LogP) is 4.37. The number of thiophene rings is 1. The van der Waals surface area contributed by atoms with Crippen LogP contribution in [0.1, 0.15) is 58.6 Å². The number of carbonyl (C=O) groups excluding carboxylic acids is 2. The van der Waals surface area contributed by atoms with Gasteiger partial charge in [-0.25, -0.2) is 14.0 Å². The van der Waals surface area contributed by atoms with Gasteiger partial charge in [0.1, 0.15) is 5.56 Å². The highest BCUT2D eigenvalue weighted by Gasteiger charge is 2.43. The summed E-state index contributed by atoms with van der Waals surface area (Å²) in [5.41, 5.74) is 11.3. The van der Waals surface area contributed by atoms with Crippen LogP contribution >= 0.6 is 11.3 Å². The summed E-state index contributed by atoms with van der Waals surface area (Å²) in [4.78, 5) is 38.0. The average molecular weight is 509 g/mol. The van der Waals surface area contributed by atoms with E-state index in [1.807, 2.05) is 6.07 Å². The standard InChI is InChI=1S/C23H19F4N3O4S/c24-17-11(15-6-9-2-1-3-13(28)20(9)35-15)7-14(29)16-18(17)30(10-4-5-10)8-12(19(16)31)21(32)34-22(33)23(25,26)27/h6-8,10,13H,1-5,28-29H2. The molecule has 2 heterocycles. The molecule has 2 aliphatic rings. The third-order valence-corrected chi connectivity index (χ3v) is 7.59. The van der Waals surface area contributed by atoms with Crippen molar-refractivity contribution in [3.8, 4) is 10.4 Å². The minimum absolute atomic E-state index is 0.143. The van der Waals surface area contributed by atoms with Crippen molar-refractivity contribution in [2.24, 2.45) is 5.73 Å². The maximum atomic E-state index is 16.0. The molecule has 184 valence electrons. The van der Waals surface area contributed by atoms with Crippen LogP contribution < -0.4 is 16.9 Å². The number of hydrogen-bond donors (Lipinski definition) is 2. The number of esters is 2. The Morgan fingerprint density at radius 3 is 2.51 bits per heavy atom. The molecule has 2 aliphatic carbocycles. The fourth-order valence-electron chi connectivity index (χ4n) is 4.43. The second-order valence-corrected chi connectivity index (χ2v) is 9.82. The lowest BCUT2D eigenvalue weighted by molar-refractivity contribution is -0.193. The molecule has 0 amide bonds. The van der Waals surface area contributed by atoms with E-state index in [2.05, 4.69) is 4.74 Å². The Morgan fingerprint density at radius 2 is 1.89 bits per heavy atom. The van der Waals surface area contributed by atoms with Crippen LogP contribution in [0.15, 0.2) is 23.1 Å². The van der Waals surface area contributed by atoms with Gasteiger partial charge >= 0.3 is 18.1 Å². The number of fused-ring (bicyclic) bond motifs is 2. The van der Waals surface area contributed by atoms with Gasteiger partial charge < -0.3 is 20.8 Å². The van der Waals surface area contributed by atoms with Crippen LogP contribution in [0.4, 0.5) is 23.2 Å². The number of carbonyl (C=O) groups is 2. The van der Waals surface area contributed by atoms with E-state index in [4.69, 9.17) is 11.5 Å². The first-order chi connectivity index (χ1) is 16.5. The monoisotopic (exact) mass is 509 g/mol. The molecular weight excluding hydrogens is 490 g/mol. The number of anilines is 1. The molecular formula is C23H19F4N3O4S. The molecule has 0 spiro atoms. The van der Waals surface area contributed by atoms with Crippen LogP contribution in [0, 0.1) is 5.82 Å². The Balaban J connectivity index is 1.68. The van der Waals surface area contributed by atoms with Gasteiger partial charge in [0.25, 0.3) is 0 Å². The van der Waals surface area contributed by atoms with Crippen molar-refractivity contribution in [2.75, 3.05) is 5.73 Å². The van der Waals surface area contributed by atoms with Crippen LogP contribution in [0.25, 0.3) is 21.3 Å². The number of pyridine rings is 1. The zero-order valence-corrected chi connectivity index (χ0v) is 18.9. The van der Waals surface area contributed by atoms with Crippen molar-refractivity contribution < 1.29 is 31.9 Å². The molecule has 35 heavy (non-hydrogen) atoms. The van der Waals surface area contributed by atoms with Gasteiger partial charge in [0.15, 0.2) is 5.82 Å². The second kappa shape index (κ2) is 8.16. The lowest BCUT2D eigenvalue weighted by atomic mass is 9.95. The molecule has 0 aliphatic heterocycles. The number of nitrogens with zero attached hydrogens (tertiary/aromatic N) is 1. The van der Waals surface area contributed by atoms with Crippen molar-refractivity contribution >= 4 is 39.9 Å². The highest BCUT2D eigenvalue weighted by Crippen LogP contribution is 2.44. The molecule has 4 N–H and O–H groups in total. The molecule has 1 saturated carbocycles. The minimum atomic E-state index is -5.43. The summed E-state index contributed by atoms with van der Waals surface area (Å²) in [6.45, 7) is 0. The van der Waals surface area contributed by atoms with Crippen LogP contribution in [0.3, 0.4) is 0 Å². The molecule has 1 atom stereocenters. The summed E-state index contributed by atoms with van der Waals surface area (Å²) in [5, 5.41) is -0.356. The van der Waals surface area contributed by atoms with Gasteiger partial charge in [0, 0.05) is 39.3 Å². The number of ether oxygens (including phenoxy) is 1. The average Bonchev–Trinajstić information content (AvgIpc) is 3.53. The van der Waals surface area contributed by atoms with Crippen LogP contribution in [0.2, 0.25) is 0 Å². The van der Waals surface area contributed by atoms with Crippen LogP contribution in [-0.4, -0.2) is 22.7 Å². The first-order valence-electron chi connectivity index (χ1n) is 10.9. The van der Waals surface area contributed by atoms with Crippen LogP contribution in [0.5, 0.6) is 0 Å². The zero-order chi connectivity index (χ0) is 25.2. The molecule has 5 rings (SSSR count). The maximum absolute atomic E-state index is 16.0. The number of hydrogen-bond acceptors (Lipinski definition) is 7. The molecule has 1 unspecified atom stereocenters. The van der Waals surface area contributed by atoms with Gasteiger partial charge in [-0.3, -0.25) is 4.79 Å². The maximum Gasteiger partial charge on any atom is 0.491 e. The summed E-state index contributed by atoms with van der Waals surface area (Å²) in [7, 11) is 0. The molecule has 0 radical (unpaired) electrons. The topological polar surface area (TPSA) is 117 Å². The fourth-order valence-corrected chi connectivity index (χ4v) is 5.69. The SMILES string of the molecule is Nc1cc(-c2cc3c(s2)C(N)CCC3)c(F)c2c1c(=O)c(C(=O)OC(=O)C(F)(F)F)cn2C1CC1. The van der Waals surface area contributed by atoms with Crippen molar-refractivity contribution in [3.05, 3.63) is 50.4 Å².